The lowest BCUT2D eigenvalue weighted by Gasteiger charge is -2.08. The maximum Gasteiger partial charge on any atom is 0.255 e. The predicted molar refractivity (Wildman–Crippen MR) is 80.5 cm³/mol. The second kappa shape index (κ2) is 6.47. The van der Waals surface area contributed by atoms with Crippen LogP contribution in [0.1, 0.15) is 17.3 Å². The quantitative estimate of drug-likeness (QED) is 0.894. The lowest BCUT2D eigenvalue weighted by molar-refractivity contribution is 0.102. The highest BCUT2D eigenvalue weighted by atomic mass is 79.9. The van der Waals surface area contributed by atoms with Crippen molar-refractivity contribution < 1.29 is 9.18 Å². The lowest BCUT2D eigenvalue weighted by atomic mass is 10.2. The molecule has 0 fully saturated rings. The molecule has 6 heteroatoms. The highest BCUT2D eigenvalue weighted by Crippen LogP contribution is 2.23. The SMILES string of the molecule is CCNc1cc(C(=O)Nc2cc(F)ccc2Br)ccn1. The van der Waals surface area contributed by atoms with Crippen LogP contribution in [0.15, 0.2) is 41.0 Å². The number of carbonyl (C=O) groups is 1. The van der Waals surface area contributed by atoms with Gasteiger partial charge in [-0.3, -0.25) is 4.79 Å². The number of anilines is 2. The monoisotopic (exact) mass is 337 g/mol. The summed E-state index contributed by atoms with van der Waals surface area (Å²) >= 11 is 3.26. The van der Waals surface area contributed by atoms with Gasteiger partial charge in [0.1, 0.15) is 11.6 Å². The van der Waals surface area contributed by atoms with E-state index in [1.165, 1.54) is 12.1 Å². The Morgan fingerprint density at radius 1 is 1.35 bits per heavy atom. The lowest BCUT2D eigenvalue weighted by Crippen LogP contribution is -2.13. The summed E-state index contributed by atoms with van der Waals surface area (Å²) in [5.41, 5.74) is 0.837. The Morgan fingerprint density at radius 3 is 2.90 bits per heavy atom. The van der Waals surface area contributed by atoms with E-state index in [9.17, 15) is 9.18 Å². The van der Waals surface area contributed by atoms with Crippen molar-refractivity contribution in [1.82, 2.24) is 4.98 Å². The van der Waals surface area contributed by atoms with Gasteiger partial charge in [-0.05, 0) is 53.2 Å². The zero-order valence-electron chi connectivity index (χ0n) is 10.8. The molecule has 0 atom stereocenters. The summed E-state index contributed by atoms with van der Waals surface area (Å²) in [5, 5.41) is 5.68. The Kier molecular flexibility index (Phi) is 4.68. The normalized spacial score (nSPS) is 10.2. The van der Waals surface area contributed by atoms with Gasteiger partial charge in [0.2, 0.25) is 0 Å². The molecule has 0 spiro atoms. The van der Waals surface area contributed by atoms with Gasteiger partial charge in [0.05, 0.1) is 5.69 Å². The number of pyridine rings is 1. The maximum absolute atomic E-state index is 13.2. The number of hydrogen-bond donors (Lipinski definition) is 2. The summed E-state index contributed by atoms with van der Waals surface area (Å²) in [6, 6.07) is 7.36. The third-order valence-corrected chi connectivity index (χ3v) is 3.25. The van der Waals surface area contributed by atoms with Crippen molar-refractivity contribution in [2.75, 3.05) is 17.2 Å². The second-order valence-corrected chi connectivity index (χ2v) is 4.89. The fourth-order valence-electron chi connectivity index (χ4n) is 1.64. The van der Waals surface area contributed by atoms with Crippen molar-refractivity contribution in [3.05, 3.63) is 52.4 Å². The summed E-state index contributed by atoms with van der Waals surface area (Å²) < 4.78 is 13.8. The van der Waals surface area contributed by atoms with Crippen molar-refractivity contribution in [2.45, 2.75) is 6.92 Å². The number of carbonyl (C=O) groups excluding carboxylic acids is 1. The fourth-order valence-corrected chi connectivity index (χ4v) is 1.98. The molecule has 0 saturated carbocycles. The molecular formula is C14H13BrFN3O. The molecule has 2 aromatic rings. The first kappa shape index (κ1) is 14.5. The number of halogens is 2. The summed E-state index contributed by atoms with van der Waals surface area (Å²) in [6.45, 7) is 2.66. The highest BCUT2D eigenvalue weighted by molar-refractivity contribution is 9.10. The van der Waals surface area contributed by atoms with Gasteiger partial charge in [0, 0.05) is 22.8 Å². The van der Waals surface area contributed by atoms with Crippen LogP contribution in [-0.2, 0) is 0 Å². The Labute approximate surface area is 124 Å². The topological polar surface area (TPSA) is 54.0 Å². The van der Waals surface area contributed by atoms with Crippen molar-refractivity contribution in [3.8, 4) is 0 Å². The van der Waals surface area contributed by atoms with Gasteiger partial charge in [-0.2, -0.15) is 0 Å². The van der Waals surface area contributed by atoms with E-state index in [4.69, 9.17) is 0 Å². The average molecular weight is 338 g/mol. The number of amides is 1. The molecule has 1 heterocycles. The van der Waals surface area contributed by atoms with Crippen molar-refractivity contribution >= 4 is 33.3 Å². The molecule has 0 saturated heterocycles. The van der Waals surface area contributed by atoms with Crippen LogP contribution in [0, 0.1) is 5.82 Å². The Morgan fingerprint density at radius 2 is 2.15 bits per heavy atom. The Bertz CT molecular complexity index is 634. The molecular weight excluding hydrogens is 325 g/mol. The van der Waals surface area contributed by atoms with Gasteiger partial charge in [0.25, 0.3) is 5.91 Å². The van der Waals surface area contributed by atoms with E-state index in [1.807, 2.05) is 6.92 Å². The number of rotatable bonds is 4. The third-order valence-electron chi connectivity index (χ3n) is 2.56. The van der Waals surface area contributed by atoms with Crippen LogP contribution in [0.5, 0.6) is 0 Å². The molecule has 0 radical (unpaired) electrons. The summed E-state index contributed by atoms with van der Waals surface area (Å²) in [5.74, 6) is -0.108. The Hall–Kier alpha value is -1.95. The fraction of sp³-hybridized carbons (Fsp3) is 0.143. The summed E-state index contributed by atoms with van der Waals surface area (Å²) in [4.78, 5) is 16.2. The van der Waals surface area contributed by atoms with E-state index >= 15 is 0 Å². The summed E-state index contributed by atoms with van der Waals surface area (Å²) in [7, 11) is 0. The molecule has 0 bridgehead atoms. The van der Waals surface area contributed by atoms with E-state index in [0.29, 0.717) is 28.1 Å². The molecule has 4 nitrogen and oxygen atoms in total. The maximum atomic E-state index is 13.2. The van der Waals surface area contributed by atoms with Crippen LogP contribution in [0.3, 0.4) is 0 Å². The van der Waals surface area contributed by atoms with Gasteiger partial charge in [0.15, 0.2) is 0 Å². The molecule has 1 aromatic heterocycles. The van der Waals surface area contributed by atoms with Gasteiger partial charge in [-0.15, -0.1) is 0 Å². The van der Waals surface area contributed by atoms with E-state index < -0.39 is 5.82 Å². The molecule has 2 rings (SSSR count). The first-order valence-electron chi connectivity index (χ1n) is 6.06. The van der Waals surface area contributed by atoms with Crippen LogP contribution in [0.4, 0.5) is 15.9 Å². The largest absolute Gasteiger partial charge is 0.370 e. The minimum atomic E-state index is -0.411. The van der Waals surface area contributed by atoms with Crippen molar-refractivity contribution in [1.29, 1.82) is 0 Å². The molecule has 0 aliphatic heterocycles. The Balaban J connectivity index is 2.19. The number of aromatic nitrogens is 1. The van der Waals surface area contributed by atoms with Crippen molar-refractivity contribution in [3.63, 3.8) is 0 Å². The van der Waals surface area contributed by atoms with Crippen LogP contribution < -0.4 is 10.6 Å². The van der Waals surface area contributed by atoms with Crippen LogP contribution in [0.25, 0.3) is 0 Å². The summed E-state index contributed by atoms with van der Waals surface area (Å²) in [6.07, 6.45) is 1.55. The van der Waals surface area contributed by atoms with Crippen LogP contribution >= 0.6 is 15.9 Å². The molecule has 104 valence electrons. The molecule has 2 N–H and O–H groups in total. The molecule has 0 aliphatic carbocycles. The number of hydrogen-bond acceptors (Lipinski definition) is 3. The van der Waals surface area contributed by atoms with Gasteiger partial charge >= 0.3 is 0 Å². The number of nitrogens with one attached hydrogen (secondary N) is 2. The van der Waals surface area contributed by atoms with E-state index in [2.05, 4.69) is 31.5 Å². The van der Waals surface area contributed by atoms with E-state index in [1.54, 1.807) is 24.4 Å². The van der Waals surface area contributed by atoms with Gasteiger partial charge < -0.3 is 10.6 Å². The minimum absolute atomic E-state index is 0.321. The zero-order valence-corrected chi connectivity index (χ0v) is 12.4. The zero-order chi connectivity index (χ0) is 14.5. The van der Waals surface area contributed by atoms with Crippen LogP contribution in [-0.4, -0.2) is 17.4 Å². The average Bonchev–Trinajstić information content (AvgIpc) is 2.43. The highest BCUT2D eigenvalue weighted by Gasteiger charge is 2.10. The van der Waals surface area contributed by atoms with Gasteiger partial charge in [-0.25, -0.2) is 9.37 Å². The number of nitrogens with zero attached hydrogens (tertiary/aromatic N) is 1. The molecule has 0 aliphatic rings. The molecule has 1 amide bonds. The smallest absolute Gasteiger partial charge is 0.255 e. The third kappa shape index (κ3) is 3.54. The first-order valence-corrected chi connectivity index (χ1v) is 6.85. The molecule has 20 heavy (non-hydrogen) atoms. The van der Waals surface area contributed by atoms with Crippen LogP contribution in [0.2, 0.25) is 0 Å². The molecule has 1 aromatic carbocycles. The number of benzene rings is 1. The standard InChI is InChI=1S/C14H13BrFN3O/c1-2-17-13-7-9(5-6-18-13)14(20)19-12-8-10(16)3-4-11(12)15/h3-8H,2H2,1H3,(H,17,18)(H,19,20). The van der Waals surface area contributed by atoms with Crippen molar-refractivity contribution in [2.24, 2.45) is 0 Å². The predicted octanol–water partition coefficient (Wildman–Crippen LogP) is 3.67. The van der Waals surface area contributed by atoms with E-state index in [-0.39, 0.29) is 5.91 Å². The van der Waals surface area contributed by atoms with E-state index in [0.717, 1.165) is 0 Å². The molecule has 0 unspecified atom stereocenters. The first-order chi connectivity index (χ1) is 9.60. The minimum Gasteiger partial charge on any atom is -0.370 e. The second-order valence-electron chi connectivity index (χ2n) is 4.04. The van der Waals surface area contributed by atoms with Gasteiger partial charge in [-0.1, -0.05) is 0 Å².